The molecule has 2 rings (SSSR count). The summed E-state index contributed by atoms with van der Waals surface area (Å²) in [6.07, 6.45) is 0. The smallest absolute Gasteiger partial charge is 0.179 e. The Balaban J connectivity index is 2.06. The largest absolute Gasteiger partial charge is 0.399 e. The first kappa shape index (κ1) is 14.9. The second-order valence-electron chi connectivity index (χ2n) is 4.51. The van der Waals surface area contributed by atoms with Crippen LogP contribution in [0.5, 0.6) is 0 Å². The Bertz CT molecular complexity index is 682. The van der Waals surface area contributed by atoms with Crippen molar-refractivity contribution in [3.63, 3.8) is 0 Å². The van der Waals surface area contributed by atoms with Crippen molar-refractivity contribution in [2.24, 2.45) is 0 Å². The SMILES string of the molecule is Cc1ccc(N)cc1S(=O)(=O)CCSc1ccccc1. The maximum atomic E-state index is 12.3. The molecule has 2 N–H and O–H groups in total. The molecular formula is C15H17NO2S2. The van der Waals surface area contributed by atoms with Crippen LogP contribution in [0, 0.1) is 6.92 Å². The molecule has 0 saturated carbocycles. The van der Waals surface area contributed by atoms with Gasteiger partial charge in [-0.05, 0) is 36.8 Å². The van der Waals surface area contributed by atoms with Crippen LogP contribution in [-0.2, 0) is 9.84 Å². The van der Waals surface area contributed by atoms with Crippen LogP contribution < -0.4 is 5.73 Å². The van der Waals surface area contributed by atoms with Gasteiger partial charge in [0.15, 0.2) is 9.84 Å². The van der Waals surface area contributed by atoms with Crippen LogP contribution in [0.1, 0.15) is 5.56 Å². The van der Waals surface area contributed by atoms with Crippen LogP contribution in [0.25, 0.3) is 0 Å². The molecule has 0 fully saturated rings. The summed E-state index contributed by atoms with van der Waals surface area (Å²) in [5.41, 5.74) is 6.89. The predicted molar refractivity (Wildman–Crippen MR) is 84.8 cm³/mol. The lowest BCUT2D eigenvalue weighted by atomic mass is 10.2. The Morgan fingerprint density at radius 1 is 1.10 bits per heavy atom. The molecule has 2 aromatic rings. The lowest BCUT2D eigenvalue weighted by Gasteiger charge is -2.08. The van der Waals surface area contributed by atoms with Gasteiger partial charge in [-0.15, -0.1) is 11.8 Å². The number of nitrogens with two attached hydrogens (primary N) is 1. The van der Waals surface area contributed by atoms with Gasteiger partial charge in [-0.2, -0.15) is 0 Å². The molecular weight excluding hydrogens is 290 g/mol. The number of benzene rings is 2. The summed E-state index contributed by atoms with van der Waals surface area (Å²) < 4.78 is 24.7. The normalized spacial score (nSPS) is 11.4. The quantitative estimate of drug-likeness (QED) is 0.681. The molecule has 0 aliphatic carbocycles. The standard InChI is InChI=1S/C15H17NO2S2/c1-12-7-8-13(16)11-15(12)20(17,18)10-9-19-14-5-3-2-4-6-14/h2-8,11H,9-10,16H2,1H3. The van der Waals surface area contributed by atoms with Gasteiger partial charge in [0.1, 0.15) is 0 Å². The van der Waals surface area contributed by atoms with Gasteiger partial charge < -0.3 is 5.73 Å². The van der Waals surface area contributed by atoms with Crippen LogP contribution in [-0.4, -0.2) is 19.9 Å². The second kappa shape index (κ2) is 6.33. The molecule has 0 aromatic heterocycles. The van der Waals surface area contributed by atoms with E-state index in [1.54, 1.807) is 30.8 Å². The number of aryl methyl sites for hydroxylation is 1. The highest BCUT2D eigenvalue weighted by atomic mass is 32.2. The number of hydrogen-bond acceptors (Lipinski definition) is 4. The zero-order valence-corrected chi connectivity index (χ0v) is 12.9. The van der Waals surface area contributed by atoms with Gasteiger partial charge in [0.25, 0.3) is 0 Å². The highest BCUT2D eigenvalue weighted by Gasteiger charge is 2.17. The Labute approximate surface area is 124 Å². The number of nitrogen functional groups attached to an aromatic ring is 1. The number of thioether (sulfide) groups is 1. The Hall–Kier alpha value is -1.46. The molecule has 0 heterocycles. The van der Waals surface area contributed by atoms with E-state index in [0.29, 0.717) is 16.3 Å². The van der Waals surface area contributed by atoms with Crippen LogP contribution in [0.4, 0.5) is 5.69 Å². The zero-order chi connectivity index (χ0) is 14.6. The summed E-state index contributed by atoms with van der Waals surface area (Å²) in [7, 11) is -3.28. The van der Waals surface area contributed by atoms with Gasteiger partial charge in [0.2, 0.25) is 0 Å². The minimum Gasteiger partial charge on any atom is -0.399 e. The van der Waals surface area contributed by atoms with E-state index < -0.39 is 9.84 Å². The maximum Gasteiger partial charge on any atom is 0.179 e. The van der Waals surface area contributed by atoms with Gasteiger partial charge >= 0.3 is 0 Å². The molecule has 0 radical (unpaired) electrons. The van der Waals surface area contributed by atoms with Gasteiger partial charge in [-0.1, -0.05) is 24.3 Å². The molecule has 0 spiro atoms. The predicted octanol–water partition coefficient (Wildman–Crippen LogP) is 3.14. The van der Waals surface area contributed by atoms with Crippen molar-refractivity contribution in [3.8, 4) is 0 Å². The molecule has 0 saturated heterocycles. The van der Waals surface area contributed by atoms with Gasteiger partial charge in [-0.3, -0.25) is 0 Å². The number of rotatable bonds is 5. The monoisotopic (exact) mass is 307 g/mol. The molecule has 5 heteroatoms. The van der Waals surface area contributed by atoms with E-state index >= 15 is 0 Å². The highest BCUT2D eigenvalue weighted by molar-refractivity contribution is 8.00. The number of sulfone groups is 1. The van der Waals surface area contributed by atoms with E-state index in [0.717, 1.165) is 10.5 Å². The van der Waals surface area contributed by atoms with E-state index in [1.807, 2.05) is 30.3 Å². The molecule has 20 heavy (non-hydrogen) atoms. The van der Waals surface area contributed by atoms with Crippen molar-refractivity contribution >= 4 is 27.3 Å². The molecule has 0 aliphatic heterocycles. The fourth-order valence-corrected chi connectivity index (χ4v) is 4.74. The van der Waals surface area contributed by atoms with E-state index in [2.05, 4.69) is 0 Å². The fraction of sp³-hybridized carbons (Fsp3) is 0.200. The summed E-state index contributed by atoms with van der Waals surface area (Å²) in [6.45, 7) is 1.79. The van der Waals surface area contributed by atoms with Gasteiger partial charge in [-0.25, -0.2) is 8.42 Å². The van der Waals surface area contributed by atoms with Gasteiger partial charge in [0, 0.05) is 16.3 Å². The third kappa shape index (κ3) is 3.77. The van der Waals surface area contributed by atoms with Crippen molar-refractivity contribution in [3.05, 3.63) is 54.1 Å². The molecule has 0 atom stereocenters. The van der Waals surface area contributed by atoms with Gasteiger partial charge in [0.05, 0.1) is 10.6 Å². The molecule has 0 amide bonds. The first-order valence-corrected chi connectivity index (χ1v) is 8.89. The van der Waals surface area contributed by atoms with E-state index in [9.17, 15) is 8.42 Å². The van der Waals surface area contributed by atoms with E-state index in [1.165, 1.54) is 6.07 Å². The zero-order valence-electron chi connectivity index (χ0n) is 11.2. The minimum atomic E-state index is -3.28. The van der Waals surface area contributed by atoms with Crippen LogP contribution in [0.3, 0.4) is 0 Å². The molecule has 106 valence electrons. The fourth-order valence-electron chi connectivity index (χ4n) is 1.85. The minimum absolute atomic E-state index is 0.108. The number of hydrogen-bond donors (Lipinski definition) is 1. The van der Waals surface area contributed by atoms with Crippen molar-refractivity contribution < 1.29 is 8.42 Å². The topological polar surface area (TPSA) is 60.2 Å². The van der Waals surface area contributed by atoms with Crippen LogP contribution >= 0.6 is 11.8 Å². The Morgan fingerprint density at radius 2 is 1.80 bits per heavy atom. The Morgan fingerprint density at radius 3 is 2.50 bits per heavy atom. The average molecular weight is 307 g/mol. The first-order chi connectivity index (χ1) is 9.49. The molecule has 0 aliphatic rings. The average Bonchev–Trinajstić information content (AvgIpc) is 2.42. The third-order valence-corrected chi connectivity index (χ3v) is 6.03. The van der Waals surface area contributed by atoms with Crippen LogP contribution in [0.15, 0.2) is 58.3 Å². The molecule has 3 nitrogen and oxygen atoms in total. The molecule has 0 unspecified atom stereocenters. The van der Waals surface area contributed by atoms with Crippen molar-refractivity contribution in [2.45, 2.75) is 16.7 Å². The van der Waals surface area contributed by atoms with Crippen molar-refractivity contribution in [2.75, 3.05) is 17.2 Å². The second-order valence-corrected chi connectivity index (χ2v) is 7.75. The molecule has 0 bridgehead atoms. The van der Waals surface area contributed by atoms with Crippen molar-refractivity contribution in [1.29, 1.82) is 0 Å². The lowest BCUT2D eigenvalue weighted by Crippen LogP contribution is -2.11. The summed E-state index contributed by atoms with van der Waals surface area (Å²) in [5, 5.41) is 0. The summed E-state index contributed by atoms with van der Waals surface area (Å²) in [4.78, 5) is 1.41. The third-order valence-electron chi connectivity index (χ3n) is 2.91. The Kier molecular flexibility index (Phi) is 4.73. The van der Waals surface area contributed by atoms with E-state index in [-0.39, 0.29) is 5.75 Å². The summed E-state index contributed by atoms with van der Waals surface area (Å²) in [6, 6.07) is 14.8. The van der Waals surface area contributed by atoms with Crippen LogP contribution in [0.2, 0.25) is 0 Å². The maximum absolute atomic E-state index is 12.3. The molecule has 2 aromatic carbocycles. The highest BCUT2D eigenvalue weighted by Crippen LogP contribution is 2.22. The number of anilines is 1. The summed E-state index contributed by atoms with van der Waals surface area (Å²) >= 11 is 1.54. The lowest BCUT2D eigenvalue weighted by molar-refractivity contribution is 0.597. The first-order valence-electron chi connectivity index (χ1n) is 6.26. The van der Waals surface area contributed by atoms with Crippen molar-refractivity contribution in [1.82, 2.24) is 0 Å². The van der Waals surface area contributed by atoms with E-state index in [4.69, 9.17) is 5.73 Å². The summed E-state index contributed by atoms with van der Waals surface area (Å²) in [5.74, 6) is 0.636.